The predicted molar refractivity (Wildman–Crippen MR) is 140 cm³/mol. The molecule has 2 aromatic carbocycles. The van der Waals surface area contributed by atoms with Crippen LogP contribution < -0.4 is 25.4 Å². The lowest BCUT2D eigenvalue weighted by atomic mass is 9.70. The zero-order chi connectivity index (χ0) is 26.0. The molecule has 0 radical (unpaired) electrons. The molecule has 2 fully saturated rings. The number of hydrogen-bond acceptors (Lipinski definition) is 5. The van der Waals surface area contributed by atoms with E-state index >= 15 is 0 Å². The van der Waals surface area contributed by atoms with E-state index in [1.54, 1.807) is 20.3 Å². The van der Waals surface area contributed by atoms with E-state index in [4.69, 9.17) is 9.47 Å². The van der Waals surface area contributed by atoms with Gasteiger partial charge in [0.15, 0.2) is 17.3 Å². The van der Waals surface area contributed by atoms with Gasteiger partial charge in [0, 0.05) is 29.8 Å². The molecular formula is C29H37F2N3O3. The summed E-state index contributed by atoms with van der Waals surface area (Å²) in [7, 11) is 3.16. The van der Waals surface area contributed by atoms with Crippen molar-refractivity contribution in [3.05, 3.63) is 47.5 Å². The molecule has 3 aliphatic rings. The zero-order valence-electron chi connectivity index (χ0n) is 21.7. The van der Waals surface area contributed by atoms with Crippen molar-refractivity contribution in [2.24, 2.45) is 11.8 Å². The Hall–Kier alpha value is -3.03. The van der Waals surface area contributed by atoms with Crippen molar-refractivity contribution in [1.29, 1.82) is 0 Å². The largest absolute Gasteiger partial charge is 0.497 e. The summed E-state index contributed by atoms with van der Waals surface area (Å²) in [6.45, 7) is 0. The van der Waals surface area contributed by atoms with Gasteiger partial charge in [-0.1, -0.05) is 38.5 Å². The van der Waals surface area contributed by atoms with E-state index in [1.807, 2.05) is 12.1 Å². The topological polar surface area (TPSA) is 71.6 Å². The molecule has 1 unspecified atom stereocenters. The van der Waals surface area contributed by atoms with Gasteiger partial charge in [0.25, 0.3) is 0 Å². The maximum absolute atomic E-state index is 14.3. The van der Waals surface area contributed by atoms with Crippen LogP contribution in [0.4, 0.5) is 20.2 Å². The van der Waals surface area contributed by atoms with Crippen LogP contribution in [0.25, 0.3) is 0 Å². The van der Waals surface area contributed by atoms with Gasteiger partial charge in [0.05, 0.1) is 31.5 Å². The predicted octanol–water partition coefficient (Wildman–Crippen LogP) is 6.32. The first-order chi connectivity index (χ1) is 17.9. The summed E-state index contributed by atoms with van der Waals surface area (Å²) in [5.41, 5.74) is 0.370. The van der Waals surface area contributed by atoms with Crippen LogP contribution in [0.2, 0.25) is 0 Å². The lowest BCUT2D eigenvalue weighted by Gasteiger charge is -2.44. The third kappa shape index (κ3) is 4.94. The van der Waals surface area contributed by atoms with Gasteiger partial charge < -0.3 is 25.4 Å². The Balaban J connectivity index is 1.64. The number of rotatable bonds is 7. The van der Waals surface area contributed by atoms with Gasteiger partial charge in [0.2, 0.25) is 5.91 Å². The Kier molecular flexibility index (Phi) is 7.45. The van der Waals surface area contributed by atoms with Gasteiger partial charge >= 0.3 is 0 Å². The van der Waals surface area contributed by atoms with Crippen molar-refractivity contribution in [2.45, 2.75) is 75.9 Å². The summed E-state index contributed by atoms with van der Waals surface area (Å²) < 4.78 is 39.9. The average molecular weight is 514 g/mol. The third-order valence-corrected chi connectivity index (χ3v) is 8.38. The van der Waals surface area contributed by atoms with Crippen LogP contribution >= 0.6 is 0 Å². The van der Waals surface area contributed by atoms with Gasteiger partial charge in [-0.2, -0.15) is 0 Å². The summed E-state index contributed by atoms with van der Waals surface area (Å²) >= 11 is 0. The van der Waals surface area contributed by atoms with Gasteiger partial charge in [-0.25, -0.2) is 8.78 Å². The number of halogens is 2. The first-order valence-electron chi connectivity index (χ1n) is 13.5. The average Bonchev–Trinajstić information content (AvgIpc) is 3.28. The molecule has 1 atom stereocenters. The SMILES string of the molecule is COc1ccc(C2(C(C(=O)NC3CCCCC3)C3CCCCC3)Nc3cc(F)c(F)cc3N2)c(OC)c1. The number of amides is 1. The van der Waals surface area contributed by atoms with Gasteiger partial charge in [-0.15, -0.1) is 0 Å². The molecule has 0 spiro atoms. The van der Waals surface area contributed by atoms with Crippen molar-refractivity contribution < 1.29 is 23.0 Å². The Morgan fingerprint density at radius 3 is 2.05 bits per heavy atom. The summed E-state index contributed by atoms with van der Waals surface area (Å²) in [5.74, 6) is -1.24. The van der Waals surface area contributed by atoms with Crippen molar-refractivity contribution in [3.8, 4) is 11.5 Å². The van der Waals surface area contributed by atoms with E-state index in [0.29, 0.717) is 28.4 Å². The maximum Gasteiger partial charge on any atom is 0.228 e. The molecule has 8 heteroatoms. The number of methoxy groups -OCH3 is 2. The fourth-order valence-electron chi connectivity index (χ4n) is 6.56. The van der Waals surface area contributed by atoms with E-state index in [1.165, 1.54) is 6.42 Å². The minimum Gasteiger partial charge on any atom is -0.497 e. The molecule has 0 aromatic heterocycles. The number of carbonyl (C=O) groups is 1. The molecule has 1 amide bonds. The first kappa shape index (κ1) is 25.6. The Labute approximate surface area is 217 Å². The van der Waals surface area contributed by atoms with E-state index in [0.717, 1.165) is 69.9 Å². The van der Waals surface area contributed by atoms with E-state index < -0.39 is 23.2 Å². The van der Waals surface area contributed by atoms with Crippen molar-refractivity contribution in [3.63, 3.8) is 0 Å². The molecule has 1 heterocycles. The summed E-state index contributed by atoms with van der Waals surface area (Å²) in [6, 6.07) is 7.94. The van der Waals surface area contributed by atoms with Crippen LogP contribution in [0.3, 0.4) is 0 Å². The molecule has 6 nitrogen and oxygen atoms in total. The fraction of sp³-hybridized carbons (Fsp3) is 0.552. The number of ether oxygens (including phenoxy) is 2. The zero-order valence-corrected chi connectivity index (χ0v) is 21.7. The lowest BCUT2D eigenvalue weighted by Crippen LogP contribution is -2.57. The lowest BCUT2D eigenvalue weighted by molar-refractivity contribution is -0.130. The number of hydrogen-bond donors (Lipinski definition) is 3. The number of carbonyl (C=O) groups excluding carboxylic acids is 1. The highest BCUT2D eigenvalue weighted by molar-refractivity contribution is 5.87. The molecule has 2 saturated carbocycles. The summed E-state index contributed by atoms with van der Waals surface area (Å²) in [6.07, 6.45) is 10.4. The normalized spacial score (nSPS) is 20.3. The van der Waals surface area contributed by atoms with Crippen LogP contribution in [0.5, 0.6) is 11.5 Å². The highest BCUT2D eigenvalue weighted by Gasteiger charge is 2.53. The molecule has 37 heavy (non-hydrogen) atoms. The second-order valence-corrected chi connectivity index (χ2v) is 10.7. The summed E-state index contributed by atoms with van der Waals surface area (Å²) in [5, 5.41) is 10.3. The second kappa shape index (κ2) is 10.8. The molecule has 0 saturated heterocycles. The van der Waals surface area contributed by atoms with Crippen LogP contribution in [-0.2, 0) is 10.5 Å². The third-order valence-electron chi connectivity index (χ3n) is 8.38. The van der Waals surface area contributed by atoms with Crippen molar-refractivity contribution in [1.82, 2.24) is 5.32 Å². The molecular weight excluding hydrogens is 476 g/mol. The minimum absolute atomic E-state index is 0.0366. The van der Waals surface area contributed by atoms with Gasteiger partial charge in [0.1, 0.15) is 11.5 Å². The standard InChI is InChI=1S/C29H37F2N3O3/c1-36-20-13-14-21(26(15-20)37-2)29(33-24-16-22(30)23(31)17-25(24)34-29)27(18-9-5-3-6-10-18)28(35)32-19-11-7-4-8-12-19/h13-19,27,33-34H,3-12H2,1-2H3,(H,32,35). The summed E-state index contributed by atoms with van der Waals surface area (Å²) in [4.78, 5) is 14.3. The van der Waals surface area contributed by atoms with E-state index in [2.05, 4.69) is 16.0 Å². The maximum atomic E-state index is 14.3. The van der Waals surface area contributed by atoms with Crippen LogP contribution in [0, 0.1) is 23.5 Å². The fourth-order valence-corrected chi connectivity index (χ4v) is 6.56. The molecule has 0 bridgehead atoms. The smallest absolute Gasteiger partial charge is 0.228 e. The quantitative estimate of drug-likeness (QED) is 0.404. The second-order valence-electron chi connectivity index (χ2n) is 10.7. The molecule has 200 valence electrons. The molecule has 2 aromatic rings. The monoisotopic (exact) mass is 513 g/mol. The number of nitrogens with one attached hydrogen (secondary N) is 3. The van der Waals surface area contributed by atoms with Crippen LogP contribution in [0.15, 0.2) is 30.3 Å². The first-order valence-corrected chi connectivity index (χ1v) is 13.5. The molecule has 2 aliphatic carbocycles. The molecule has 5 rings (SSSR count). The number of benzene rings is 2. The Morgan fingerprint density at radius 2 is 1.49 bits per heavy atom. The molecule has 3 N–H and O–H groups in total. The van der Waals surface area contributed by atoms with Crippen molar-refractivity contribution >= 4 is 17.3 Å². The molecule has 1 aliphatic heterocycles. The Morgan fingerprint density at radius 1 is 0.892 bits per heavy atom. The highest BCUT2D eigenvalue weighted by atomic mass is 19.2. The van der Waals surface area contributed by atoms with Crippen LogP contribution in [-0.4, -0.2) is 26.2 Å². The van der Waals surface area contributed by atoms with Gasteiger partial charge in [-0.05, 0) is 43.7 Å². The number of fused-ring (bicyclic) bond motifs is 1. The van der Waals surface area contributed by atoms with E-state index in [-0.39, 0.29) is 17.9 Å². The number of anilines is 2. The van der Waals surface area contributed by atoms with Crippen LogP contribution in [0.1, 0.15) is 69.8 Å². The minimum atomic E-state index is -1.17. The van der Waals surface area contributed by atoms with E-state index in [9.17, 15) is 13.6 Å². The Bertz CT molecular complexity index is 1100. The highest BCUT2D eigenvalue weighted by Crippen LogP contribution is 2.51. The van der Waals surface area contributed by atoms with Crippen molar-refractivity contribution in [2.75, 3.05) is 24.9 Å². The van der Waals surface area contributed by atoms with Gasteiger partial charge in [-0.3, -0.25) is 4.79 Å².